The van der Waals surface area contributed by atoms with Gasteiger partial charge in [-0.2, -0.15) is 0 Å². The van der Waals surface area contributed by atoms with Gasteiger partial charge in [-0.05, 0) is 54.1 Å². The van der Waals surface area contributed by atoms with Crippen LogP contribution in [0.4, 0.5) is 0 Å². The van der Waals surface area contributed by atoms with Crippen LogP contribution in [0.5, 0.6) is 0 Å². The second-order valence-corrected chi connectivity index (χ2v) is 12.2. The zero-order chi connectivity index (χ0) is 28.1. The predicted molar refractivity (Wildman–Crippen MR) is 182 cm³/mol. The second-order valence-electron chi connectivity index (χ2n) is 11.1. The van der Waals surface area contributed by atoms with Crippen molar-refractivity contribution in [3.8, 4) is 16.8 Å². The molecule has 3 nitrogen and oxygen atoms in total. The second kappa shape index (κ2) is 8.54. The van der Waals surface area contributed by atoms with Gasteiger partial charge in [-0.1, -0.05) is 84.9 Å². The SMILES string of the molecule is c1cc(-c2c3ccccc3nc3sc4ccccc4c23)cc(-n2c3ccccc3c3c4oc5ccccc5c4ccc32)c1. The molecule has 0 saturated heterocycles. The summed E-state index contributed by atoms with van der Waals surface area (Å²) in [4.78, 5) is 6.18. The lowest BCUT2D eigenvalue weighted by atomic mass is 9.96. The minimum Gasteiger partial charge on any atom is -0.455 e. The molecule has 0 atom stereocenters. The summed E-state index contributed by atoms with van der Waals surface area (Å²) in [5, 5.41) is 8.28. The highest BCUT2D eigenvalue weighted by Gasteiger charge is 2.20. The van der Waals surface area contributed by atoms with Crippen LogP contribution in [0.2, 0.25) is 0 Å². The molecule has 0 spiro atoms. The Hall–Kier alpha value is -5.45. The Kier molecular flexibility index (Phi) is 4.60. The average Bonchev–Trinajstić information content (AvgIpc) is 3.73. The molecule has 4 heteroatoms. The number of furan rings is 1. The minimum atomic E-state index is 0.917. The van der Waals surface area contributed by atoms with Crippen LogP contribution >= 0.6 is 11.3 Å². The van der Waals surface area contributed by atoms with Gasteiger partial charge in [0, 0.05) is 48.3 Å². The van der Waals surface area contributed by atoms with Crippen molar-refractivity contribution in [2.45, 2.75) is 0 Å². The van der Waals surface area contributed by atoms with E-state index in [1.54, 1.807) is 11.3 Å². The third-order valence-electron chi connectivity index (χ3n) is 8.80. The van der Waals surface area contributed by atoms with E-state index < -0.39 is 0 Å². The fourth-order valence-electron chi connectivity index (χ4n) is 6.99. The maximum atomic E-state index is 6.53. The zero-order valence-electron chi connectivity index (χ0n) is 22.9. The van der Waals surface area contributed by atoms with Crippen LogP contribution in [0.1, 0.15) is 0 Å². The van der Waals surface area contributed by atoms with Crippen LogP contribution in [-0.4, -0.2) is 9.55 Å². The summed E-state index contributed by atoms with van der Waals surface area (Å²) in [6.07, 6.45) is 0. The van der Waals surface area contributed by atoms with Crippen molar-refractivity contribution < 1.29 is 4.42 Å². The smallest absolute Gasteiger partial charge is 0.145 e. The Balaban J connectivity index is 1.31. The lowest BCUT2D eigenvalue weighted by molar-refractivity contribution is 0.673. The molecule has 6 aromatic carbocycles. The van der Waals surface area contributed by atoms with Crippen LogP contribution in [0.15, 0.2) is 138 Å². The molecule has 0 fully saturated rings. The van der Waals surface area contributed by atoms with E-state index in [4.69, 9.17) is 9.40 Å². The zero-order valence-corrected chi connectivity index (χ0v) is 23.7. The van der Waals surface area contributed by atoms with Crippen LogP contribution < -0.4 is 0 Å². The topological polar surface area (TPSA) is 31.0 Å². The Labute approximate surface area is 249 Å². The molecule has 0 aliphatic heterocycles. The average molecular weight is 567 g/mol. The molecule has 0 aliphatic carbocycles. The molecule has 4 aromatic heterocycles. The van der Waals surface area contributed by atoms with Crippen molar-refractivity contribution in [3.63, 3.8) is 0 Å². The Bertz CT molecular complexity index is 2740. The first-order valence-electron chi connectivity index (χ1n) is 14.5. The third-order valence-corrected chi connectivity index (χ3v) is 9.86. The van der Waals surface area contributed by atoms with E-state index in [1.807, 2.05) is 6.07 Å². The number of pyridine rings is 1. The summed E-state index contributed by atoms with van der Waals surface area (Å²) in [5.74, 6) is 0. The number of benzene rings is 6. The summed E-state index contributed by atoms with van der Waals surface area (Å²) < 4.78 is 10.2. The first-order valence-corrected chi connectivity index (χ1v) is 15.3. The fourth-order valence-corrected chi connectivity index (χ4v) is 8.09. The van der Waals surface area contributed by atoms with Crippen LogP contribution in [0, 0.1) is 0 Å². The van der Waals surface area contributed by atoms with Crippen molar-refractivity contribution in [1.29, 1.82) is 0 Å². The maximum absolute atomic E-state index is 6.53. The summed E-state index contributed by atoms with van der Waals surface area (Å²) in [5.41, 5.74) is 8.71. The maximum Gasteiger partial charge on any atom is 0.145 e. The predicted octanol–water partition coefficient (Wildman–Crippen LogP) is 11.3. The van der Waals surface area contributed by atoms with E-state index in [9.17, 15) is 0 Å². The number of para-hydroxylation sites is 3. The Morgan fingerprint density at radius 3 is 2.26 bits per heavy atom. The molecule has 0 amide bonds. The largest absolute Gasteiger partial charge is 0.455 e. The van der Waals surface area contributed by atoms with Crippen LogP contribution in [-0.2, 0) is 0 Å². The quantitative estimate of drug-likeness (QED) is 0.208. The molecular formula is C39H22N2OS. The summed E-state index contributed by atoms with van der Waals surface area (Å²) in [7, 11) is 0. The van der Waals surface area contributed by atoms with Crippen molar-refractivity contribution in [2.75, 3.05) is 0 Å². The van der Waals surface area contributed by atoms with Crippen LogP contribution in [0.3, 0.4) is 0 Å². The molecular weight excluding hydrogens is 545 g/mol. The molecule has 0 radical (unpaired) electrons. The molecule has 0 bridgehead atoms. The number of thiophene rings is 1. The van der Waals surface area contributed by atoms with Gasteiger partial charge in [0.15, 0.2) is 0 Å². The van der Waals surface area contributed by atoms with Gasteiger partial charge in [0.1, 0.15) is 16.0 Å². The molecule has 0 saturated carbocycles. The monoisotopic (exact) mass is 566 g/mol. The molecule has 10 aromatic rings. The van der Waals surface area contributed by atoms with Gasteiger partial charge in [0.25, 0.3) is 0 Å². The summed E-state index contributed by atoms with van der Waals surface area (Å²) in [6, 6.07) is 47.6. The summed E-state index contributed by atoms with van der Waals surface area (Å²) in [6.45, 7) is 0. The number of rotatable bonds is 2. The normalized spacial score (nSPS) is 12.2. The van der Waals surface area contributed by atoms with Gasteiger partial charge < -0.3 is 8.98 Å². The first-order chi connectivity index (χ1) is 21.3. The number of hydrogen-bond donors (Lipinski definition) is 0. The number of aromatic nitrogens is 2. The highest BCUT2D eigenvalue weighted by Crippen LogP contribution is 2.44. The van der Waals surface area contributed by atoms with Gasteiger partial charge in [-0.25, -0.2) is 4.98 Å². The molecule has 4 heterocycles. The van der Waals surface area contributed by atoms with Crippen molar-refractivity contribution >= 4 is 86.3 Å². The standard InChI is InChI=1S/C39H22N2OS/c1-5-16-30-27(13-1)35(37-29-15-4-8-19-34(29)43-39(37)40-30)23-10-9-11-24(22-23)41-31-17-6-2-14-28(31)36-32(41)21-20-26-25-12-3-7-18-33(25)42-38(26)36/h1-22H. The van der Waals surface area contributed by atoms with Gasteiger partial charge >= 0.3 is 0 Å². The van der Waals surface area contributed by atoms with Gasteiger partial charge in [0.2, 0.25) is 0 Å². The molecule has 43 heavy (non-hydrogen) atoms. The van der Waals surface area contributed by atoms with E-state index in [2.05, 4.69) is 132 Å². The number of fused-ring (bicyclic) bond motifs is 11. The molecule has 0 N–H and O–H groups in total. The van der Waals surface area contributed by atoms with Crippen LogP contribution in [0.25, 0.3) is 91.8 Å². The van der Waals surface area contributed by atoms with E-state index in [0.717, 1.165) is 54.4 Å². The van der Waals surface area contributed by atoms with Crippen molar-refractivity contribution in [2.24, 2.45) is 0 Å². The van der Waals surface area contributed by atoms with E-state index in [-0.39, 0.29) is 0 Å². The summed E-state index contributed by atoms with van der Waals surface area (Å²) >= 11 is 1.77. The van der Waals surface area contributed by atoms with Crippen molar-refractivity contribution in [1.82, 2.24) is 9.55 Å². The number of nitrogens with zero attached hydrogens (tertiary/aromatic N) is 2. The molecule has 0 aliphatic rings. The lowest BCUT2D eigenvalue weighted by Crippen LogP contribution is -1.95. The molecule has 10 rings (SSSR count). The minimum absolute atomic E-state index is 0.917. The molecule has 0 unspecified atom stereocenters. The lowest BCUT2D eigenvalue weighted by Gasteiger charge is -2.13. The Morgan fingerprint density at radius 2 is 1.33 bits per heavy atom. The molecule has 200 valence electrons. The van der Waals surface area contributed by atoms with Gasteiger partial charge in [-0.15, -0.1) is 11.3 Å². The van der Waals surface area contributed by atoms with E-state index in [0.29, 0.717) is 0 Å². The highest BCUT2D eigenvalue weighted by molar-refractivity contribution is 7.25. The first kappa shape index (κ1) is 23.1. The van der Waals surface area contributed by atoms with Crippen molar-refractivity contribution in [3.05, 3.63) is 133 Å². The highest BCUT2D eigenvalue weighted by atomic mass is 32.1. The van der Waals surface area contributed by atoms with E-state index >= 15 is 0 Å². The van der Waals surface area contributed by atoms with Gasteiger partial charge in [-0.3, -0.25) is 0 Å². The third kappa shape index (κ3) is 3.16. The van der Waals surface area contributed by atoms with Gasteiger partial charge in [0.05, 0.1) is 21.9 Å². The number of hydrogen-bond acceptors (Lipinski definition) is 3. The Morgan fingerprint density at radius 1 is 0.558 bits per heavy atom. The van der Waals surface area contributed by atoms with E-state index in [1.165, 1.54) is 37.4 Å². The fraction of sp³-hybridized carbons (Fsp3) is 0.